The fraction of sp³-hybridized carbons (Fsp3) is 0.0500. The predicted molar refractivity (Wildman–Crippen MR) is 123 cm³/mol. The summed E-state index contributed by atoms with van der Waals surface area (Å²) in [6.07, 6.45) is 3.39. The fourth-order valence-electron chi connectivity index (χ4n) is 2.86. The summed E-state index contributed by atoms with van der Waals surface area (Å²) in [5.41, 5.74) is 3.09. The first-order valence-electron chi connectivity index (χ1n) is 8.45. The lowest BCUT2D eigenvalue weighted by molar-refractivity contribution is -0.116. The highest BCUT2D eigenvalue weighted by Crippen LogP contribution is 2.36. The number of thiazole rings is 1. The number of fused-ring (bicyclic) bond motifs is 1. The van der Waals surface area contributed by atoms with Gasteiger partial charge in [0.05, 0.1) is 16.3 Å². The number of nitrogens with one attached hydrogen (secondary N) is 1. The highest BCUT2D eigenvalue weighted by atomic mass is 79.9. The van der Waals surface area contributed by atoms with Crippen LogP contribution >= 0.6 is 43.2 Å². The Kier molecular flexibility index (Phi) is 5.53. The van der Waals surface area contributed by atoms with E-state index in [1.54, 1.807) is 30.5 Å². The van der Waals surface area contributed by atoms with Crippen LogP contribution < -0.4 is 10.2 Å². The minimum Gasteiger partial charge on any atom is -0.493 e. The number of allylic oxidation sites excluding steroid dienone is 1. The van der Waals surface area contributed by atoms with Gasteiger partial charge in [0.2, 0.25) is 11.8 Å². The van der Waals surface area contributed by atoms with Gasteiger partial charge in [0.1, 0.15) is 6.54 Å². The summed E-state index contributed by atoms with van der Waals surface area (Å²) >= 11 is 7.67. The molecule has 4 rings (SSSR count). The highest BCUT2D eigenvalue weighted by molar-refractivity contribution is 9.10. The third kappa shape index (κ3) is 4.12. The Labute approximate surface area is 186 Å². The number of para-hydroxylation sites is 1. The lowest BCUT2D eigenvalue weighted by atomic mass is 10.1. The number of hydrogen-bond donors (Lipinski definition) is 2. The Bertz CT molecular complexity index is 1240. The van der Waals surface area contributed by atoms with Gasteiger partial charge in [-0.2, -0.15) is 0 Å². The first-order chi connectivity index (χ1) is 13.9. The van der Waals surface area contributed by atoms with E-state index in [2.05, 4.69) is 42.2 Å². The molecule has 1 aliphatic heterocycles. The molecule has 0 saturated carbocycles. The smallest absolute Gasteiger partial charge is 0.311 e. The van der Waals surface area contributed by atoms with E-state index in [4.69, 9.17) is 0 Å². The molecular formula is C20H13Br2N3O3S. The van der Waals surface area contributed by atoms with E-state index in [1.165, 1.54) is 0 Å². The molecule has 1 amide bonds. The maximum atomic E-state index is 12.4. The zero-order valence-electron chi connectivity index (χ0n) is 14.7. The molecule has 0 aliphatic carbocycles. The number of halogens is 2. The van der Waals surface area contributed by atoms with Crippen molar-refractivity contribution in [2.75, 3.05) is 5.32 Å². The van der Waals surface area contributed by atoms with E-state index in [-0.39, 0.29) is 12.4 Å². The first kappa shape index (κ1) is 19.8. The molecular weight excluding hydrogens is 522 g/mol. The van der Waals surface area contributed by atoms with Crippen LogP contribution in [0.15, 0.2) is 61.2 Å². The second-order valence-electron chi connectivity index (χ2n) is 6.19. The van der Waals surface area contributed by atoms with Gasteiger partial charge in [-0.25, -0.2) is 0 Å². The Morgan fingerprint density at radius 3 is 2.83 bits per heavy atom. The molecule has 146 valence electrons. The van der Waals surface area contributed by atoms with Crippen molar-refractivity contribution in [3.63, 3.8) is 0 Å². The monoisotopic (exact) mass is 533 g/mol. The molecule has 2 heterocycles. The number of amides is 1. The summed E-state index contributed by atoms with van der Waals surface area (Å²) in [5.74, 6) is -0.658. The van der Waals surface area contributed by atoms with Gasteiger partial charge in [0.15, 0.2) is 0 Å². The minimum absolute atomic E-state index is 0.244. The number of aromatic hydroxyl groups is 1. The molecule has 0 atom stereocenters. The molecule has 0 spiro atoms. The average molecular weight is 535 g/mol. The molecule has 9 heteroatoms. The van der Waals surface area contributed by atoms with Crippen molar-refractivity contribution in [3.8, 4) is 5.88 Å². The van der Waals surface area contributed by atoms with Crippen molar-refractivity contribution in [2.24, 2.45) is 4.99 Å². The molecule has 6 nitrogen and oxygen atoms in total. The van der Waals surface area contributed by atoms with Crippen LogP contribution in [-0.2, 0) is 11.3 Å². The second kappa shape index (κ2) is 8.10. The van der Waals surface area contributed by atoms with Gasteiger partial charge in [-0.1, -0.05) is 39.4 Å². The number of carbonyl (C=O) groups excluding carboxylic acids is 1. The van der Waals surface area contributed by atoms with E-state index < -0.39 is 10.8 Å². The molecule has 0 radical (unpaired) electrons. The first-order valence-corrected chi connectivity index (χ1v) is 10.9. The van der Waals surface area contributed by atoms with Gasteiger partial charge in [-0.15, -0.1) is 0 Å². The van der Waals surface area contributed by atoms with Crippen molar-refractivity contribution >= 4 is 78.3 Å². The van der Waals surface area contributed by atoms with E-state index >= 15 is 0 Å². The van der Waals surface area contributed by atoms with Crippen molar-refractivity contribution in [1.82, 2.24) is 4.57 Å². The van der Waals surface area contributed by atoms with Gasteiger partial charge in [-0.05, 0) is 52.3 Å². The predicted octanol–water partition coefficient (Wildman–Crippen LogP) is 5.04. The summed E-state index contributed by atoms with van der Waals surface area (Å²) in [6.45, 7) is -0.290. The molecule has 2 aromatic carbocycles. The molecule has 0 bridgehead atoms. The van der Waals surface area contributed by atoms with Crippen LogP contribution in [0.5, 0.6) is 5.88 Å². The normalized spacial score (nSPS) is 13.7. The minimum atomic E-state index is -0.416. The number of nitrogens with zero attached hydrogens (tertiary/aromatic N) is 2. The average Bonchev–Trinajstić information content (AvgIpc) is 3.19. The van der Waals surface area contributed by atoms with E-state index in [1.807, 2.05) is 24.3 Å². The van der Waals surface area contributed by atoms with Gasteiger partial charge in [0.25, 0.3) is 0 Å². The number of anilines is 1. The molecule has 2 N–H and O–H groups in total. The molecule has 1 aromatic heterocycles. The van der Waals surface area contributed by atoms with Crippen LogP contribution in [0.3, 0.4) is 0 Å². The van der Waals surface area contributed by atoms with E-state index in [0.29, 0.717) is 10.6 Å². The van der Waals surface area contributed by atoms with Crippen LogP contribution in [-0.4, -0.2) is 21.8 Å². The molecule has 0 unspecified atom stereocenters. The Morgan fingerprint density at radius 2 is 2.03 bits per heavy atom. The summed E-state index contributed by atoms with van der Waals surface area (Å²) < 4.78 is 2.69. The molecule has 1 aliphatic rings. The van der Waals surface area contributed by atoms with Crippen LogP contribution in [0.1, 0.15) is 10.4 Å². The summed E-state index contributed by atoms with van der Waals surface area (Å²) in [5, 5.41) is 13.2. The number of hydrogen-bond acceptors (Lipinski definition) is 5. The number of benzene rings is 2. The van der Waals surface area contributed by atoms with Gasteiger partial charge < -0.3 is 10.4 Å². The Balaban J connectivity index is 1.59. The second-order valence-corrected chi connectivity index (χ2v) is 8.95. The Hall–Kier alpha value is -2.49. The van der Waals surface area contributed by atoms with Crippen LogP contribution in [0, 0.1) is 0 Å². The summed E-state index contributed by atoms with van der Waals surface area (Å²) in [4.78, 5) is 29.0. The number of aromatic nitrogens is 1. The molecule has 3 aromatic rings. The molecule has 29 heavy (non-hydrogen) atoms. The van der Waals surface area contributed by atoms with E-state index in [9.17, 15) is 14.7 Å². The maximum absolute atomic E-state index is 12.4. The van der Waals surface area contributed by atoms with Crippen molar-refractivity contribution < 1.29 is 9.90 Å². The van der Waals surface area contributed by atoms with Crippen LogP contribution in [0.4, 0.5) is 11.4 Å². The maximum Gasteiger partial charge on any atom is 0.311 e. The largest absolute Gasteiger partial charge is 0.493 e. The third-order valence-corrected chi connectivity index (χ3v) is 6.34. The number of rotatable bonds is 4. The summed E-state index contributed by atoms with van der Waals surface area (Å²) in [6, 6.07) is 12.9. The van der Waals surface area contributed by atoms with Crippen molar-refractivity contribution in [3.05, 3.63) is 71.5 Å². The third-order valence-electron chi connectivity index (χ3n) is 4.24. The van der Waals surface area contributed by atoms with Crippen molar-refractivity contribution in [2.45, 2.75) is 6.54 Å². The fourth-order valence-corrected chi connectivity index (χ4v) is 4.44. The SMILES string of the molecule is O=C(Cn1c(O)c(C=C2C=Nc3ccc(Br)cc32)sc1=O)Nc1ccccc1Br. The molecule has 0 saturated heterocycles. The summed E-state index contributed by atoms with van der Waals surface area (Å²) in [7, 11) is 0. The highest BCUT2D eigenvalue weighted by Gasteiger charge is 2.18. The van der Waals surface area contributed by atoms with Crippen LogP contribution in [0.25, 0.3) is 11.6 Å². The van der Waals surface area contributed by atoms with Crippen molar-refractivity contribution in [1.29, 1.82) is 0 Å². The Morgan fingerprint density at radius 1 is 1.24 bits per heavy atom. The van der Waals surface area contributed by atoms with Crippen LogP contribution in [0.2, 0.25) is 0 Å². The van der Waals surface area contributed by atoms with E-state index in [0.717, 1.165) is 41.7 Å². The number of carbonyl (C=O) groups is 1. The topological polar surface area (TPSA) is 83.7 Å². The lowest BCUT2D eigenvalue weighted by Crippen LogP contribution is -2.24. The lowest BCUT2D eigenvalue weighted by Gasteiger charge is -2.08. The van der Waals surface area contributed by atoms with Gasteiger partial charge >= 0.3 is 4.87 Å². The zero-order valence-corrected chi connectivity index (χ0v) is 18.7. The van der Waals surface area contributed by atoms with Gasteiger partial charge in [0, 0.05) is 26.3 Å². The quantitative estimate of drug-likeness (QED) is 0.492. The standard InChI is InChI=1S/C20H13Br2N3O3S/c21-12-5-6-15-13(8-12)11(9-23-15)7-17-19(27)25(20(28)29-17)10-18(26)24-16-4-2-1-3-14(16)22/h1-9,27H,10H2,(H,24,26). The molecule has 0 fully saturated rings. The number of aliphatic imine (C=N–C) groups is 1. The van der Waals surface area contributed by atoms with Gasteiger partial charge in [-0.3, -0.25) is 19.1 Å². The zero-order chi connectivity index (χ0) is 20.5.